The highest BCUT2D eigenvalue weighted by molar-refractivity contribution is 6.04. The molecule has 9 heteroatoms. The summed E-state index contributed by atoms with van der Waals surface area (Å²) in [5.74, 6) is 1.25. The van der Waals surface area contributed by atoms with Crippen LogP contribution in [0.4, 0.5) is 16.0 Å². The van der Waals surface area contributed by atoms with E-state index in [4.69, 9.17) is 10.7 Å². The molecule has 4 aromatic rings. The van der Waals surface area contributed by atoms with E-state index in [1.165, 1.54) is 0 Å². The Bertz CT molecular complexity index is 1240. The molecular weight excluding hydrogens is 397 g/mol. The molecule has 1 aliphatic rings. The Labute approximate surface area is 177 Å². The maximum absolute atomic E-state index is 13.8. The Hall–Kier alpha value is -3.85. The number of benzene rings is 1. The van der Waals surface area contributed by atoms with E-state index in [1.807, 2.05) is 16.5 Å². The molecule has 8 nitrogen and oxygen atoms in total. The summed E-state index contributed by atoms with van der Waals surface area (Å²) in [7, 11) is 0. The van der Waals surface area contributed by atoms with Crippen molar-refractivity contribution < 1.29 is 9.18 Å². The highest BCUT2D eigenvalue weighted by atomic mass is 19.1. The number of hydrogen-bond donors (Lipinski definition) is 3. The number of rotatable bonds is 4. The van der Waals surface area contributed by atoms with Crippen molar-refractivity contribution >= 4 is 23.1 Å². The number of carbonyl (C=O) groups excluding carboxylic acids is 1. The van der Waals surface area contributed by atoms with Crippen molar-refractivity contribution in [2.75, 3.05) is 17.6 Å². The average Bonchev–Trinajstić information content (AvgIpc) is 3.39. The third-order valence-electron chi connectivity index (χ3n) is 5.33. The van der Waals surface area contributed by atoms with Crippen molar-refractivity contribution in [3.63, 3.8) is 0 Å². The van der Waals surface area contributed by atoms with Gasteiger partial charge in [0, 0.05) is 42.7 Å². The lowest BCUT2D eigenvalue weighted by atomic mass is 10.1. The van der Waals surface area contributed by atoms with Gasteiger partial charge in [0.1, 0.15) is 34.8 Å². The second-order valence-electron chi connectivity index (χ2n) is 7.39. The molecule has 0 aliphatic carbocycles. The van der Waals surface area contributed by atoms with Gasteiger partial charge in [-0.3, -0.25) is 9.20 Å². The summed E-state index contributed by atoms with van der Waals surface area (Å²) in [6.07, 6.45) is 4.44. The maximum atomic E-state index is 13.8. The molecule has 0 spiro atoms. The van der Waals surface area contributed by atoms with Crippen LogP contribution in [0.15, 0.2) is 61.1 Å². The second-order valence-corrected chi connectivity index (χ2v) is 7.39. The number of hydrogen-bond acceptors (Lipinski definition) is 6. The number of carbonyl (C=O) groups is 1. The Morgan fingerprint density at radius 2 is 2.00 bits per heavy atom. The molecule has 5 rings (SSSR count). The number of halogens is 1. The summed E-state index contributed by atoms with van der Waals surface area (Å²) < 4.78 is 15.6. The minimum Gasteiger partial charge on any atom is -0.382 e. The van der Waals surface area contributed by atoms with E-state index >= 15 is 0 Å². The Morgan fingerprint density at radius 1 is 1.16 bits per heavy atom. The number of fused-ring (bicyclic) bond motifs is 1. The van der Waals surface area contributed by atoms with Crippen LogP contribution in [0.5, 0.6) is 0 Å². The lowest BCUT2D eigenvalue weighted by Crippen LogP contribution is -2.16. The molecule has 1 amide bonds. The molecule has 0 unspecified atom stereocenters. The number of pyridine rings is 1. The number of nitrogen functional groups attached to an aromatic ring is 1. The van der Waals surface area contributed by atoms with Gasteiger partial charge in [0.25, 0.3) is 5.91 Å². The van der Waals surface area contributed by atoms with Crippen LogP contribution in [-0.2, 0) is 0 Å². The van der Waals surface area contributed by atoms with Crippen LogP contribution in [-0.4, -0.2) is 38.0 Å². The van der Waals surface area contributed by atoms with Crippen LogP contribution in [0.25, 0.3) is 16.8 Å². The van der Waals surface area contributed by atoms with E-state index in [2.05, 4.69) is 20.6 Å². The third kappa shape index (κ3) is 3.59. The van der Waals surface area contributed by atoms with E-state index in [0.717, 1.165) is 5.56 Å². The van der Waals surface area contributed by atoms with Gasteiger partial charge in [-0.15, -0.1) is 0 Å². The minimum atomic E-state index is -0.906. The highest BCUT2D eigenvalue weighted by Gasteiger charge is 2.29. The average molecular weight is 417 g/mol. The van der Waals surface area contributed by atoms with Crippen molar-refractivity contribution in [1.29, 1.82) is 0 Å². The van der Waals surface area contributed by atoms with Crippen molar-refractivity contribution in [3.8, 4) is 11.3 Å². The molecular formula is C22H20FN7O. The molecule has 1 fully saturated rings. The first-order valence-corrected chi connectivity index (χ1v) is 9.93. The van der Waals surface area contributed by atoms with E-state index in [-0.39, 0.29) is 11.9 Å². The van der Waals surface area contributed by atoms with Crippen molar-refractivity contribution in [2.45, 2.75) is 18.6 Å². The van der Waals surface area contributed by atoms with E-state index in [9.17, 15) is 9.18 Å². The standard InChI is InChI=1S/C22H20FN7O/c23-15-11-16(27-12-15)21-29-18(19-20(24)26-9-10-30(19)21)13-4-6-14(7-5-13)22(31)28-17-3-1-2-8-25-17/h1-10,15-16,27H,11-12H2,(H2,24,26)(H,25,28,31)/t15-,16-/m0/s1. The Balaban J connectivity index is 1.49. The fourth-order valence-electron chi connectivity index (χ4n) is 3.83. The van der Waals surface area contributed by atoms with E-state index < -0.39 is 6.17 Å². The van der Waals surface area contributed by atoms with Gasteiger partial charge in [0.2, 0.25) is 0 Å². The predicted octanol–water partition coefficient (Wildman–Crippen LogP) is 3.00. The summed E-state index contributed by atoms with van der Waals surface area (Å²) in [6, 6.07) is 12.2. The van der Waals surface area contributed by atoms with Crippen molar-refractivity contribution in [1.82, 2.24) is 24.7 Å². The third-order valence-corrected chi connectivity index (χ3v) is 5.33. The number of nitrogens with zero attached hydrogens (tertiary/aromatic N) is 4. The molecule has 3 aromatic heterocycles. The number of imidazole rings is 1. The molecule has 2 atom stereocenters. The quantitative estimate of drug-likeness (QED) is 0.471. The summed E-state index contributed by atoms with van der Waals surface area (Å²) in [5.41, 5.74) is 8.73. The molecule has 0 saturated carbocycles. The van der Waals surface area contributed by atoms with Crippen LogP contribution in [0.2, 0.25) is 0 Å². The Morgan fingerprint density at radius 3 is 2.71 bits per heavy atom. The molecule has 31 heavy (non-hydrogen) atoms. The van der Waals surface area contributed by atoms with Gasteiger partial charge in [0.05, 0.1) is 6.04 Å². The normalized spacial score (nSPS) is 18.4. The molecule has 4 N–H and O–H groups in total. The van der Waals surface area contributed by atoms with Crippen LogP contribution >= 0.6 is 0 Å². The van der Waals surface area contributed by atoms with Crippen molar-refractivity contribution in [2.24, 2.45) is 0 Å². The van der Waals surface area contributed by atoms with Gasteiger partial charge in [-0.05, 0) is 24.3 Å². The van der Waals surface area contributed by atoms with Gasteiger partial charge < -0.3 is 16.4 Å². The smallest absolute Gasteiger partial charge is 0.256 e. The highest BCUT2D eigenvalue weighted by Crippen LogP contribution is 2.33. The summed E-state index contributed by atoms with van der Waals surface area (Å²) >= 11 is 0. The summed E-state index contributed by atoms with van der Waals surface area (Å²) in [4.78, 5) is 25.6. The zero-order valence-electron chi connectivity index (χ0n) is 16.5. The van der Waals surface area contributed by atoms with Crippen LogP contribution < -0.4 is 16.4 Å². The number of nitrogens with one attached hydrogen (secondary N) is 2. The first kappa shape index (κ1) is 19.1. The zero-order valence-corrected chi connectivity index (χ0v) is 16.5. The van der Waals surface area contributed by atoms with Crippen LogP contribution in [0.1, 0.15) is 28.6 Å². The number of alkyl halides is 1. The molecule has 0 radical (unpaired) electrons. The number of amides is 1. The molecule has 1 aliphatic heterocycles. The van der Waals surface area contributed by atoms with Gasteiger partial charge in [-0.25, -0.2) is 19.3 Å². The van der Waals surface area contributed by atoms with Crippen molar-refractivity contribution in [3.05, 3.63) is 72.4 Å². The van der Waals surface area contributed by atoms with Gasteiger partial charge in [0.15, 0.2) is 0 Å². The fraction of sp³-hybridized carbons (Fsp3) is 0.182. The molecule has 1 saturated heterocycles. The SMILES string of the molecule is Nc1nccn2c([C@@H]3C[C@H](F)CN3)nc(-c3ccc(C(=O)Nc4ccccn4)cc3)c12. The molecule has 0 bridgehead atoms. The zero-order chi connectivity index (χ0) is 21.4. The largest absolute Gasteiger partial charge is 0.382 e. The van der Waals surface area contributed by atoms with Gasteiger partial charge >= 0.3 is 0 Å². The Kier molecular flexibility index (Phi) is 4.79. The second kappa shape index (κ2) is 7.77. The maximum Gasteiger partial charge on any atom is 0.256 e. The van der Waals surface area contributed by atoms with Crippen LogP contribution in [0, 0.1) is 0 Å². The fourth-order valence-corrected chi connectivity index (χ4v) is 3.83. The van der Waals surface area contributed by atoms with E-state index in [0.29, 0.717) is 47.2 Å². The van der Waals surface area contributed by atoms with E-state index in [1.54, 1.807) is 48.9 Å². The number of aromatic nitrogens is 4. The predicted molar refractivity (Wildman–Crippen MR) is 115 cm³/mol. The molecule has 4 heterocycles. The summed E-state index contributed by atoms with van der Waals surface area (Å²) in [6.45, 7) is 0.301. The topological polar surface area (TPSA) is 110 Å². The van der Waals surface area contributed by atoms with Gasteiger partial charge in [-0.2, -0.15) is 0 Å². The lowest BCUT2D eigenvalue weighted by molar-refractivity contribution is 0.102. The lowest BCUT2D eigenvalue weighted by Gasteiger charge is -2.08. The first-order chi connectivity index (χ1) is 15.1. The monoisotopic (exact) mass is 417 g/mol. The molecule has 156 valence electrons. The minimum absolute atomic E-state index is 0.207. The number of anilines is 2. The number of nitrogens with two attached hydrogens (primary N) is 1. The van der Waals surface area contributed by atoms with Gasteiger partial charge in [-0.1, -0.05) is 18.2 Å². The van der Waals surface area contributed by atoms with Crippen LogP contribution in [0.3, 0.4) is 0 Å². The molecule has 1 aromatic carbocycles. The summed E-state index contributed by atoms with van der Waals surface area (Å²) in [5, 5.41) is 5.93. The first-order valence-electron chi connectivity index (χ1n) is 9.93.